The summed E-state index contributed by atoms with van der Waals surface area (Å²) in [5.74, 6) is -2.62. The molecule has 8 nitrogen and oxygen atoms in total. The maximum atomic E-state index is 12.2. The molecule has 0 saturated carbocycles. The average Bonchev–Trinajstić information content (AvgIpc) is 3.06. The first-order chi connectivity index (χ1) is 11.3. The minimum Gasteiger partial charge on any atom is -0.380 e. The fourth-order valence-electron chi connectivity index (χ4n) is 3.29. The van der Waals surface area contributed by atoms with Crippen molar-refractivity contribution in [3.8, 4) is 0 Å². The van der Waals surface area contributed by atoms with Crippen molar-refractivity contribution in [1.82, 2.24) is 15.1 Å². The molecule has 0 aromatic rings. The van der Waals surface area contributed by atoms with Crippen LogP contribution in [0.5, 0.6) is 0 Å². The molecule has 3 atom stereocenters. The molecule has 134 valence electrons. The van der Waals surface area contributed by atoms with Gasteiger partial charge in [0, 0.05) is 33.8 Å². The highest BCUT2D eigenvalue weighted by atomic mass is 16.5. The molecule has 0 aromatic carbocycles. The maximum Gasteiger partial charge on any atom is 0.311 e. The third-order valence-electron chi connectivity index (χ3n) is 4.65. The predicted octanol–water partition coefficient (Wildman–Crippen LogP) is -0.763. The third kappa shape index (κ3) is 3.58. The average molecular weight is 339 g/mol. The molecular formula is C16H25N3O5. The van der Waals surface area contributed by atoms with Crippen molar-refractivity contribution < 1.29 is 23.9 Å². The zero-order valence-corrected chi connectivity index (χ0v) is 14.6. The highest BCUT2D eigenvalue weighted by Gasteiger charge is 2.52. The van der Waals surface area contributed by atoms with E-state index in [1.54, 1.807) is 7.11 Å². The first kappa shape index (κ1) is 18.4. The first-order valence-corrected chi connectivity index (χ1v) is 8.17. The van der Waals surface area contributed by atoms with E-state index in [2.05, 4.69) is 5.32 Å². The van der Waals surface area contributed by atoms with Gasteiger partial charge in [0.05, 0.1) is 17.9 Å². The Bertz CT molecular complexity index is 524. The van der Waals surface area contributed by atoms with Crippen LogP contribution in [0.15, 0.2) is 0 Å². The van der Waals surface area contributed by atoms with Crippen molar-refractivity contribution in [1.29, 1.82) is 0 Å². The summed E-state index contributed by atoms with van der Waals surface area (Å²) < 4.78 is 5.28. The summed E-state index contributed by atoms with van der Waals surface area (Å²) in [7, 11) is 3.01. The number of nitrogens with zero attached hydrogens (tertiary/aromatic N) is 2. The summed E-state index contributed by atoms with van der Waals surface area (Å²) >= 11 is 0. The molecule has 4 amide bonds. The molecule has 2 saturated heterocycles. The summed E-state index contributed by atoms with van der Waals surface area (Å²) in [6.45, 7) is 4.58. The van der Waals surface area contributed by atoms with Gasteiger partial charge < -0.3 is 15.0 Å². The van der Waals surface area contributed by atoms with Crippen LogP contribution in [0.3, 0.4) is 0 Å². The summed E-state index contributed by atoms with van der Waals surface area (Å²) in [4.78, 5) is 50.6. The highest BCUT2D eigenvalue weighted by Crippen LogP contribution is 2.32. The second kappa shape index (κ2) is 7.29. The van der Waals surface area contributed by atoms with Crippen LogP contribution in [-0.2, 0) is 23.9 Å². The van der Waals surface area contributed by atoms with Gasteiger partial charge in [-0.25, -0.2) is 0 Å². The molecule has 0 aliphatic carbocycles. The smallest absolute Gasteiger partial charge is 0.311 e. The molecule has 2 heterocycles. The number of methoxy groups -OCH3 is 1. The lowest BCUT2D eigenvalue weighted by molar-refractivity contribution is -0.146. The van der Waals surface area contributed by atoms with Crippen molar-refractivity contribution in [2.75, 3.05) is 33.8 Å². The van der Waals surface area contributed by atoms with E-state index in [-0.39, 0.29) is 37.6 Å². The van der Waals surface area contributed by atoms with Gasteiger partial charge in [-0.2, -0.15) is 0 Å². The summed E-state index contributed by atoms with van der Waals surface area (Å²) in [5, 5.41) is 2.58. The largest absolute Gasteiger partial charge is 0.380 e. The van der Waals surface area contributed by atoms with Gasteiger partial charge in [-0.1, -0.05) is 13.8 Å². The van der Waals surface area contributed by atoms with Gasteiger partial charge >= 0.3 is 11.8 Å². The molecule has 8 heteroatoms. The summed E-state index contributed by atoms with van der Waals surface area (Å²) in [6.07, 6.45) is 0.616. The minimum atomic E-state index is -0.728. The van der Waals surface area contributed by atoms with E-state index in [4.69, 9.17) is 4.74 Å². The Hall–Kier alpha value is -1.96. The van der Waals surface area contributed by atoms with Crippen LogP contribution in [0, 0.1) is 17.8 Å². The molecule has 1 N–H and O–H groups in total. The Morgan fingerprint density at radius 2 is 1.75 bits per heavy atom. The summed E-state index contributed by atoms with van der Waals surface area (Å²) in [6, 6.07) is 0. The molecule has 2 aliphatic heterocycles. The zero-order chi connectivity index (χ0) is 18.0. The molecule has 0 bridgehead atoms. The van der Waals surface area contributed by atoms with Gasteiger partial charge in [0.15, 0.2) is 0 Å². The lowest BCUT2D eigenvalue weighted by Crippen LogP contribution is -2.46. The Morgan fingerprint density at radius 1 is 1.21 bits per heavy atom. The molecule has 0 radical (unpaired) electrons. The van der Waals surface area contributed by atoms with Crippen LogP contribution < -0.4 is 5.32 Å². The second-order valence-corrected chi connectivity index (χ2v) is 6.86. The number of rotatable bonds is 5. The van der Waals surface area contributed by atoms with Crippen molar-refractivity contribution in [2.24, 2.45) is 17.8 Å². The Kier molecular flexibility index (Phi) is 5.58. The van der Waals surface area contributed by atoms with Gasteiger partial charge in [-0.3, -0.25) is 24.1 Å². The first-order valence-electron chi connectivity index (χ1n) is 8.17. The van der Waals surface area contributed by atoms with E-state index < -0.39 is 23.7 Å². The van der Waals surface area contributed by atoms with Gasteiger partial charge in [-0.05, 0) is 12.3 Å². The molecular weight excluding hydrogens is 314 g/mol. The van der Waals surface area contributed by atoms with Crippen molar-refractivity contribution >= 4 is 23.6 Å². The van der Waals surface area contributed by atoms with Gasteiger partial charge in [-0.15, -0.1) is 0 Å². The van der Waals surface area contributed by atoms with Crippen LogP contribution in [0.25, 0.3) is 0 Å². The Labute approximate surface area is 141 Å². The van der Waals surface area contributed by atoms with Crippen molar-refractivity contribution in [3.63, 3.8) is 0 Å². The van der Waals surface area contributed by atoms with E-state index in [1.165, 1.54) is 11.9 Å². The van der Waals surface area contributed by atoms with Crippen molar-refractivity contribution in [3.05, 3.63) is 0 Å². The van der Waals surface area contributed by atoms with Crippen LogP contribution in [0.4, 0.5) is 0 Å². The molecule has 2 rings (SSSR count). The van der Waals surface area contributed by atoms with Crippen LogP contribution in [0.1, 0.15) is 20.3 Å². The second-order valence-electron chi connectivity index (χ2n) is 6.86. The van der Waals surface area contributed by atoms with E-state index in [9.17, 15) is 19.2 Å². The molecule has 0 spiro atoms. The highest BCUT2D eigenvalue weighted by molar-refractivity contribution is 6.35. The number of hydrogen-bond donors (Lipinski definition) is 1. The molecule has 2 aliphatic rings. The number of carbonyl (C=O) groups is 4. The molecule has 1 unspecified atom stereocenters. The zero-order valence-electron chi connectivity index (χ0n) is 14.6. The lowest BCUT2D eigenvalue weighted by Gasteiger charge is -2.20. The van der Waals surface area contributed by atoms with Crippen LogP contribution in [0.2, 0.25) is 0 Å². The molecule has 0 aromatic heterocycles. The van der Waals surface area contributed by atoms with E-state index >= 15 is 0 Å². The van der Waals surface area contributed by atoms with Crippen LogP contribution in [-0.4, -0.2) is 73.3 Å². The van der Waals surface area contributed by atoms with Crippen LogP contribution >= 0.6 is 0 Å². The number of nitrogens with one attached hydrogen (secondary N) is 1. The van der Waals surface area contributed by atoms with E-state index in [1.807, 2.05) is 13.8 Å². The number of hydrogen-bond acceptors (Lipinski definition) is 5. The number of amides is 4. The monoisotopic (exact) mass is 339 g/mol. The fourth-order valence-corrected chi connectivity index (χ4v) is 3.29. The third-order valence-corrected chi connectivity index (χ3v) is 4.65. The number of fused-ring (bicyclic) bond motifs is 1. The number of carbonyl (C=O) groups excluding carboxylic acids is 4. The minimum absolute atomic E-state index is 0.117. The molecule has 24 heavy (non-hydrogen) atoms. The summed E-state index contributed by atoms with van der Waals surface area (Å²) in [5.41, 5.74) is 0. The lowest BCUT2D eigenvalue weighted by atomic mass is 10.00. The Balaban J connectivity index is 1.88. The maximum absolute atomic E-state index is 12.2. The normalized spacial score (nSPS) is 24.5. The topological polar surface area (TPSA) is 96.0 Å². The van der Waals surface area contributed by atoms with E-state index in [0.29, 0.717) is 5.92 Å². The Morgan fingerprint density at radius 3 is 2.21 bits per heavy atom. The van der Waals surface area contributed by atoms with Gasteiger partial charge in [0.25, 0.3) is 0 Å². The standard InChI is InChI=1S/C16H25N3O5/c1-9(2)5-10(24-4)6-17-13(20)16(23)19-7-11-12(8-19)15(22)18(3)14(11)21/h9-12H,5-8H2,1-4H3,(H,17,20)/t10?,11-,12+. The quantitative estimate of drug-likeness (QED) is 0.524. The van der Waals surface area contributed by atoms with Gasteiger partial charge in [0.2, 0.25) is 11.8 Å². The van der Waals surface area contributed by atoms with Gasteiger partial charge in [0.1, 0.15) is 0 Å². The predicted molar refractivity (Wildman–Crippen MR) is 84.6 cm³/mol. The SMILES string of the molecule is COC(CNC(=O)C(=O)N1C[C@@H]2C(=O)N(C)C(=O)[C@@H]2C1)CC(C)C. The number of imide groups is 1. The van der Waals surface area contributed by atoms with Crippen molar-refractivity contribution in [2.45, 2.75) is 26.4 Å². The number of likely N-dealkylation sites (tertiary alicyclic amines) is 2. The van der Waals surface area contributed by atoms with E-state index in [0.717, 1.165) is 11.3 Å². The number of ether oxygens (including phenoxy) is 1. The molecule has 2 fully saturated rings. The fraction of sp³-hybridized carbons (Fsp3) is 0.750.